The predicted molar refractivity (Wildman–Crippen MR) is 55.5 cm³/mol. The number of halogens is 1. The van der Waals surface area contributed by atoms with Gasteiger partial charge < -0.3 is 4.84 Å². The summed E-state index contributed by atoms with van der Waals surface area (Å²) in [5, 5.41) is 11.3. The van der Waals surface area contributed by atoms with Gasteiger partial charge >= 0.3 is 5.97 Å². The van der Waals surface area contributed by atoms with Crippen molar-refractivity contribution in [3.63, 3.8) is 0 Å². The van der Waals surface area contributed by atoms with Crippen molar-refractivity contribution in [1.82, 2.24) is 20.4 Å². The maximum absolute atomic E-state index is 10.8. The van der Waals surface area contributed by atoms with E-state index in [1.165, 1.54) is 6.92 Å². The van der Waals surface area contributed by atoms with Crippen LogP contribution in [0.5, 0.6) is 0 Å². The van der Waals surface area contributed by atoms with E-state index in [0.717, 1.165) is 4.85 Å². The van der Waals surface area contributed by atoms with E-state index in [1.54, 1.807) is 24.3 Å². The van der Waals surface area contributed by atoms with Crippen molar-refractivity contribution in [3.8, 4) is 11.4 Å². The van der Waals surface area contributed by atoms with Crippen LogP contribution >= 0.6 is 11.6 Å². The second-order valence-corrected chi connectivity index (χ2v) is 3.40. The fraction of sp³-hybridized carbons (Fsp3) is 0.111. The number of aromatic nitrogens is 4. The SMILES string of the molecule is CC(=O)On1nnnc1-c1ccc(Cl)cc1. The Bertz CT molecular complexity index is 508. The quantitative estimate of drug-likeness (QED) is 0.729. The number of carbonyl (C=O) groups is 1. The van der Waals surface area contributed by atoms with Crippen LogP contribution in [0.1, 0.15) is 6.92 Å². The molecule has 0 saturated carbocycles. The summed E-state index contributed by atoms with van der Waals surface area (Å²) in [4.78, 5) is 16.5. The highest BCUT2D eigenvalue weighted by molar-refractivity contribution is 6.30. The van der Waals surface area contributed by atoms with Crippen LogP contribution in [-0.2, 0) is 4.79 Å². The fourth-order valence-electron chi connectivity index (χ4n) is 1.13. The predicted octanol–water partition coefficient (Wildman–Crippen LogP) is 0.969. The van der Waals surface area contributed by atoms with E-state index in [-0.39, 0.29) is 0 Å². The van der Waals surface area contributed by atoms with Crippen LogP contribution in [0.2, 0.25) is 5.02 Å². The third kappa shape index (κ3) is 2.17. The first-order chi connectivity index (χ1) is 7.66. The molecule has 0 atom stereocenters. The molecule has 0 aliphatic carbocycles. The van der Waals surface area contributed by atoms with Crippen molar-refractivity contribution >= 4 is 17.6 Å². The lowest BCUT2D eigenvalue weighted by atomic mass is 10.2. The molecule has 2 aromatic rings. The first-order valence-corrected chi connectivity index (χ1v) is 4.78. The largest absolute Gasteiger partial charge is 0.332 e. The van der Waals surface area contributed by atoms with Gasteiger partial charge in [0.15, 0.2) is 0 Å². The van der Waals surface area contributed by atoms with Gasteiger partial charge in [-0.2, -0.15) is 0 Å². The highest BCUT2D eigenvalue weighted by atomic mass is 35.5. The molecule has 1 aromatic carbocycles. The summed E-state index contributed by atoms with van der Waals surface area (Å²) in [5.74, 6) is -0.158. The number of tetrazole rings is 1. The molecule has 0 saturated heterocycles. The highest BCUT2D eigenvalue weighted by Crippen LogP contribution is 2.17. The third-order valence-corrected chi connectivity index (χ3v) is 2.01. The van der Waals surface area contributed by atoms with Crippen LogP contribution in [0.4, 0.5) is 0 Å². The summed E-state index contributed by atoms with van der Waals surface area (Å²) >= 11 is 5.75. The highest BCUT2D eigenvalue weighted by Gasteiger charge is 2.11. The minimum atomic E-state index is -0.498. The summed E-state index contributed by atoms with van der Waals surface area (Å²) in [7, 11) is 0. The summed E-state index contributed by atoms with van der Waals surface area (Å²) in [6.07, 6.45) is 0. The van der Waals surface area contributed by atoms with Crippen molar-refractivity contribution in [2.45, 2.75) is 6.92 Å². The zero-order valence-corrected chi connectivity index (χ0v) is 9.05. The van der Waals surface area contributed by atoms with Gasteiger partial charge in [-0.15, -0.1) is 5.10 Å². The van der Waals surface area contributed by atoms with Crippen molar-refractivity contribution in [1.29, 1.82) is 0 Å². The molecule has 0 unspecified atom stereocenters. The number of rotatable bonds is 2. The van der Waals surface area contributed by atoms with Crippen LogP contribution in [0.3, 0.4) is 0 Å². The molecule has 1 aromatic heterocycles. The lowest BCUT2D eigenvalue weighted by Crippen LogP contribution is -2.19. The molecular weight excluding hydrogens is 232 g/mol. The fourth-order valence-corrected chi connectivity index (χ4v) is 1.26. The van der Waals surface area contributed by atoms with Gasteiger partial charge in [-0.05, 0) is 39.5 Å². The van der Waals surface area contributed by atoms with E-state index in [1.807, 2.05) is 0 Å². The third-order valence-electron chi connectivity index (χ3n) is 1.76. The maximum atomic E-state index is 10.8. The van der Waals surface area contributed by atoms with E-state index in [4.69, 9.17) is 16.4 Å². The molecule has 0 fully saturated rings. The molecule has 82 valence electrons. The van der Waals surface area contributed by atoms with Crippen molar-refractivity contribution in [2.75, 3.05) is 0 Å². The summed E-state index contributed by atoms with van der Waals surface area (Å²) in [5.41, 5.74) is 0.704. The number of carbonyl (C=O) groups excluding carboxylic acids is 1. The van der Waals surface area contributed by atoms with Gasteiger partial charge in [-0.25, -0.2) is 4.79 Å². The lowest BCUT2D eigenvalue weighted by molar-refractivity contribution is -0.143. The molecule has 0 amide bonds. The number of hydrogen-bond acceptors (Lipinski definition) is 5. The minimum Gasteiger partial charge on any atom is -0.316 e. The van der Waals surface area contributed by atoms with Crippen LogP contribution in [0.15, 0.2) is 24.3 Å². The average molecular weight is 239 g/mol. The molecule has 0 spiro atoms. The van der Waals surface area contributed by atoms with E-state index in [2.05, 4.69) is 15.5 Å². The summed E-state index contributed by atoms with van der Waals surface area (Å²) in [6.45, 7) is 1.27. The first-order valence-electron chi connectivity index (χ1n) is 4.40. The summed E-state index contributed by atoms with van der Waals surface area (Å²) in [6, 6.07) is 6.86. The molecule has 0 aliphatic rings. The number of benzene rings is 1. The normalized spacial score (nSPS) is 10.1. The minimum absolute atomic E-state index is 0.340. The second kappa shape index (κ2) is 4.28. The Balaban J connectivity index is 2.36. The topological polar surface area (TPSA) is 69.9 Å². The Morgan fingerprint density at radius 1 is 1.38 bits per heavy atom. The monoisotopic (exact) mass is 238 g/mol. The molecule has 0 aliphatic heterocycles. The molecule has 0 bridgehead atoms. The zero-order chi connectivity index (χ0) is 11.5. The number of nitrogens with zero attached hydrogens (tertiary/aromatic N) is 4. The van der Waals surface area contributed by atoms with Gasteiger partial charge in [0, 0.05) is 17.5 Å². The van der Waals surface area contributed by atoms with Gasteiger partial charge in [-0.1, -0.05) is 11.6 Å². The van der Waals surface area contributed by atoms with Gasteiger partial charge in [0.2, 0.25) is 5.82 Å². The Labute approximate surface area is 95.7 Å². The van der Waals surface area contributed by atoms with Crippen molar-refractivity contribution in [3.05, 3.63) is 29.3 Å². The van der Waals surface area contributed by atoms with Crippen LogP contribution < -0.4 is 4.84 Å². The average Bonchev–Trinajstić information content (AvgIpc) is 2.66. The van der Waals surface area contributed by atoms with Gasteiger partial charge in [0.25, 0.3) is 0 Å². The van der Waals surface area contributed by atoms with E-state index in [9.17, 15) is 4.79 Å². The van der Waals surface area contributed by atoms with Crippen molar-refractivity contribution in [2.24, 2.45) is 0 Å². The molecule has 16 heavy (non-hydrogen) atoms. The van der Waals surface area contributed by atoms with E-state index < -0.39 is 5.97 Å². The van der Waals surface area contributed by atoms with Gasteiger partial charge in [0.1, 0.15) is 0 Å². The molecule has 2 rings (SSSR count). The van der Waals surface area contributed by atoms with Gasteiger partial charge in [0.05, 0.1) is 0 Å². The van der Waals surface area contributed by atoms with Crippen LogP contribution in [-0.4, -0.2) is 26.3 Å². The molecule has 0 radical (unpaired) electrons. The first kappa shape index (κ1) is 10.6. The van der Waals surface area contributed by atoms with Crippen LogP contribution in [0.25, 0.3) is 11.4 Å². The van der Waals surface area contributed by atoms with Crippen molar-refractivity contribution < 1.29 is 9.63 Å². The molecule has 0 N–H and O–H groups in total. The maximum Gasteiger partial charge on any atom is 0.332 e. The Morgan fingerprint density at radius 3 is 2.69 bits per heavy atom. The lowest BCUT2D eigenvalue weighted by Gasteiger charge is -2.02. The molecular formula is C9H7ClN4O2. The standard InChI is InChI=1S/C9H7ClN4O2/c1-6(15)16-14-9(11-12-13-14)7-2-4-8(10)5-3-7/h2-5H,1H3. The Morgan fingerprint density at radius 2 is 2.06 bits per heavy atom. The summed E-state index contributed by atoms with van der Waals surface area (Å²) < 4.78 is 0. The number of hydrogen-bond donors (Lipinski definition) is 0. The smallest absolute Gasteiger partial charge is 0.316 e. The molecule has 6 nitrogen and oxygen atoms in total. The Kier molecular flexibility index (Phi) is 2.82. The van der Waals surface area contributed by atoms with Crippen LogP contribution in [0, 0.1) is 0 Å². The molecule has 7 heteroatoms. The van der Waals surface area contributed by atoms with E-state index >= 15 is 0 Å². The van der Waals surface area contributed by atoms with Gasteiger partial charge in [-0.3, -0.25) is 0 Å². The second-order valence-electron chi connectivity index (χ2n) is 2.97. The van der Waals surface area contributed by atoms with E-state index in [0.29, 0.717) is 16.4 Å². The molecule has 1 heterocycles. The zero-order valence-electron chi connectivity index (χ0n) is 8.29. The Hall–Kier alpha value is -1.95.